The summed E-state index contributed by atoms with van der Waals surface area (Å²) in [5.41, 5.74) is 3.89. The quantitative estimate of drug-likeness (QED) is 0.891. The van der Waals surface area contributed by atoms with Crippen LogP contribution in [0.25, 0.3) is 0 Å². The lowest BCUT2D eigenvalue weighted by atomic mass is 9.92. The summed E-state index contributed by atoms with van der Waals surface area (Å²) in [6.07, 6.45) is 3.28. The molecule has 1 radical (unpaired) electrons. The molecule has 2 aromatic rings. The van der Waals surface area contributed by atoms with E-state index in [2.05, 4.69) is 35.6 Å². The van der Waals surface area contributed by atoms with Crippen molar-refractivity contribution in [1.82, 2.24) is 5.32 Å². The molecule has 1 aliphatic heterocycles. The van der Waals surface area contributed by atoms with E-state index >= 15 is 0 Å². The van der Waals surface area contributed by atoms with E-state index in [1.807, 2.05) is 6.07 Å². The minimum Gasteiger partial charge on any atom is -0.310 e. The van der Waals surface area contributed by atoms with Crippen molar-refractivity contribution >= 4 is 0 Å². The largest absolute Gasteiger partial charge is 0.310 e. The molecule has 1 N–H and O–H groups in total. The molecule has 0 spiro atoms. The van der Waals surface area contributed by atoms with Crippen molar-refractivity contribution in [3.63, 3.8) is 0 Å². The van der Waals surface area contributed by atoms with Crippen LogP contribution >= 0.6 is 0 Å². The first kappa shape index (κ1) is 12.2. The number of benzene rings is 2. The summed E-state index contributed by atoms with van der Waals surface area (Å²) >= 11 is 0. The van der Waals surface area contributed by atoms with Gasteiger partial charge in [-0.1, -0.05) is 36.4 Å². The summed E-state index contributed by atoms with van der Waals surface area (Å²) < 4.78 is 0. The van der Waals surface area contributed by atoms with E-state index in [1.54, 1.807) is 12.1 Å². The number of rotatable bonds is 3. The number of fused-ring (bicyclic) bond motifs is 1. The van der Waals surface area contributed by atoms with E-state index in [9.17, 15) is 5.11 Å². The fourth-order valence-corrected chi connectivity index (χ4v) is 2.75. The molecule has 1 aliphatic rings. The van der Waals surface area contributed by atoms with Gasteiger partial charge in [0.2, 0.25) is 0 Å². The standard InChI is InChI=1S/C17H18NO/c19-17-9-7-14-10-16(18-12-15(14)11-17)8-6-13-4-2-1-3-5-13/h1-5,7,9,11,16,18H,6,8,10,12H2. The summed E-state index contributed by atoms with van der Waals surface area (Å²) in [5.74, 6) is 0.114. The molecule has 1 unspecified atom stereocenters. The Balaban J connectivity index is 1.61. The smallest absolute Gasteiger partial charge is 0.178 e. The molecule has 3 rings (SSSR count). The number of aryl methyl sites for hydroxylation is 1. The highest BCUT2D eigenvalue weighted by Gasteiger charge is 2.18. The second kappa shape index (κ2) is 5.45. The second-order valence-electron chi connectivity index (χ2n) is 5.24. The Bertz CT molecular complexity index is 550. The molecule has 0 aromatic heterocycles. The van der Waals surface area contributed by atoms with Gasteiger partial charge in [0.25, 0.3) is 0 Å². The SMILES string of the molecule is [O]c1ccc2c(c1)CNC(CCc1ccccc1)C2. The molecule has 2 aromatic carbocycles. The van der Waals surface area contributed by atoms with Crippen LogP contribution in [0.15, 0.2) is 48.5 Å². The fraction of sp³-hybridized carbons (Fsp3) is 0.294. The van der Waals surface area contributed by atoms with Gasteiger partial charge in [-0.25, -0.2) is 0 Å². The number of hydrogen-bond donors (Lipinski definition) is 1. The zero-order valence-corrected chi connectivity index (χ0v) is 10.9. The Morgan fingerprint density at radius 2 is 1.89 bits per heavy atom. The summed E-state index contributed by atoms with van der Waals surface area (Å²) in [5, 5.41) is 14.8. The summed E-state index contributed by atoms with van der Waals surface area (Å²) in [7, 11) is 0. The first-order valence-electron chi connectivity index (χ1n) is 6.87. The van der Waals surface area contributed by atoms with Gasteiger partial charge in [0, 0.05) is 12.6 Å². The molecule has 0 aliphatic carbocycles. The average Bonchev–Trinajstić information content (AvgIpc) is 2.46. The van der Waals surface area contributed by atoms with E-state index in [1.165, 1.54) is 16.7 Å². The van der Waals surface area contributed by atoms with Crippen molar-refractivity contribution in [3.8, 4) is 5.75 Å². The third kappa shape index (κ3) is 2.96. The number of hydrogen-bond acceptors (Lipinski definition) is 1. The van der Waals surface area contributed by atoms with Crippen LogP contribution < -0.4 is 5.32 Å². The summed E-state index contributed by atoms with van der Waals surface area (Å²) in [4.78, 5) is 0. The Labute approximate surface area is 114 Å². The first-order valence-corrected chi connectivity index (χ1v) is 6.87. The molecule has 1 atom stereocenters. The number of nitrogens with one attached hydrogen (secondary N) is 1. The Kier molecular flexibility index (Phi) is 3.51. The molecule has 0 bridgehead atoms. The van der Waals surface area contributed by atoms with E-state index in [0.717, 1.165) is 25.8 Å². The Morgan fingerprint density at radius 1 is 1.05 bits per heavy atom. The van der Waals surface area contributed by atoms with Crippen LogP contribution in [0.5, 0.6) is 5.75 Å². The van der Waals surface area contributed by atoms with Gasteiger partial charge in [0.1, 0.15) is 0 Å². The lowest BCUT2D eigenvalue weighted by molar-refractivity contribution is 0.352. The van der Waals surface area contributed by atoms with Gasteiger partial charge >= 0.3 is 0 Å². The van der Waals surface area contributed by atoms with Crippen molar-refractivity contribution in [3.05, 3.63) is 65.2 Å². The highest BCUT2D eigenvalue weighted by Crippen LogP contribution is 2.23. The monoisotopic (exact) mass is 252 g/mol. The van der Waals surface area contributed by atoms with Crippen molar-refractivity contribution in [2.24, 2.45) is 0 Å². The van der Waals surface area contributed by atoms with Crippen LogP contribution in [-0.2, 0) is 24.5 Å². The lowest BCUT2D eigenvalue weighted by Crippen LogP contribution is -2.35. The maximum atomic E-state index is 11.3. The molecule has 97 valence electrons. The van der Waals surface area contributed by atoms with Gasteiger partial charge in [-0.15, -0.1) is 0 Å². The van der Waals surface area contributed by atoms with E-state index in [4.69, 9.17) is 0 Å². The molecule has 0 saturated heterocycles. The van der Waals surface area contributed by atoms with E-state index < -0.39 is 0 Å². The molecular weight excluding hydrogens is 234 g/mol. The van der Waals surface area contributed by atoms with Crippen molar-refractivity contribution in [2.75, 3.05) is 0 Å². The van der Waals surface area contributed by atoms with Gasteiger partial charge in [-0.05, 0) is 48.1 Å². The minimum absolute atomic E-state index is 0.114. The zero-order chi connectivity index (χ0) is 13.1. The highest BCUT2D eigenvalue weighted by atomic mass is 16.3. The van der Waals surface area contributed by atoms with Crippen LogP contribution in [-0.4, -0.2) is 6.04 Å². The normalized spacial score (nSPS) is 18.0. The molecule has 2 nitrogen and oxygen atoms in total. The molecular formula is C17H18NO. The fourth-order valence-electron chi connectivity index (χ4n) is 2.75. The van der Waals surface area contributed by atoms with Crippen LogP contribution in [0.4, 0.5) is 0 Å². The molecule has 0 fully saturated rings. The Morgan fingerprint density at radius 3 is 2.74 bits per heavy atom. The van der Waals surface area contributed by atoms with Crippen molar-refractivity contribution in [2.45, 2.75) is 31.8 Å². The topological polar surface area (TPSA) is 31.9 Å². The van der Waals surface area contributed by atoms with E-state index in [0.29, 0.717) is 6.04 Å². The van der Waals surface area contributed by atoms with Gasteiger partial charge in [-0.2, -0.15) is 0 Å². The molecule has 1 heterocycles. The van der Waals surface area contributed by atoms with Crippen LogP contribution in [0.2, 0.25) is 0 Å². The maximum Gasteiger partial charge on any atom is 0.178 e. The summed E-state index contributed by atoms with van der Waals surface area (Å²) in [6, 6.07) is 16.6. The van der Waals surface area contributed by atoms with Gasteiger partial charge in [-0.3, -0.25) is 5.11 Å². The molecule has 0 saturated carbocycles. The van der Waals surface area contributed by atoms with Crippen molar-refractivity contribution < 1.29 is 5.11 Å². The van der Waals surface area contributed by atoms with Gasteiger partial charge in [0.05, 0.1) is 0 Å². The van der Waals surface area contributed by atoms with Gasteiger partial charge < -0.3 is 5.32 Å². The van der Waals surface area contributed by atoms with Gasteiger partial charge in [0.15, 0.2) is 5.75 Å². The lowest BCUT2D eigenvalue weighted by Gasteiger charge is -2.26. The van der Waals surface area contributed by atoms with Crippen LogP contribution in [0.3, 0.4) is 0 Å². The Hall–Kier alpha value is -1.80. The predicted molar refractivity (Wildman–Crippen MR) is 75.7 cm³/mol. The predicted octanol–water partition coefficient (Wildman–Crippen LogP) is 3.48. The van der Waals surface area contributed by atoms with Crippen LogP contribution in [0, 0.1) is 0 Å². The third-order valence-corrected chi connectivity index (χ3v) is 3.85. The maximum absolute atomic E-state index is 11.3. The second-order valence-corrected chi connectivity index (χ2v) is 5.24. The molecule has 0 amide bonds. The first-order chi connectivity index (χ1) is 9.31. The molecule has 19 heavy (non-hydrogen) atoms. The average molecular weight is 252 g/mol. The summed E-state index contributed by atoms with van der Waals surface area (Å²) in [6.45, 7) is 0.824. The minimum atomic E-state index is 0.114. The van der Waals surface area contributed by atoms with E-state index in [-0.39, 0.29) is 5.75 Å². The van der Waals surface area contributed by atoms with Crippen LogP contribution in [0.1, 0.15) is 23.1 Å². The zero-order valence-electron chi connectivity index (χ0n) is 10.9. The third-order valence-electron chi connectivity index (χ3n) is 3.85. The van der Waals surface area contributed by atoms with Crippen molar-refractivity contribution in [1.29, 1.82) is 0 Å². The highest BCUT2D eigenvalue weighted by molar-refractivity contribution is 5.36. The molecule has 2 heteroatoms.